The van der Waals surface area contributed by atoms with E-state index < -0.39 is 0 Å². The number of carbonyl (C=O) groups is 1. The van der Waals surface area contributed by atoms with Crippen molar-refractivity contribution < 1.29 is 14.1 Å². The van der Waals surface area contributed by atoms with E-state index in [-0.39, 0.29) is 11.4 Å². The molecule has 182 valence electrons. The number of hydrogen-bond donors (Lipinski definition) is 0. The molecule has 1 aliphatic rings. The van der Waals surface area contributed by atoms with Crippen LogP contribution in [0.3, 0.4) is 0 Å². The highest BCUT2D eigenvalue weighted by Crippen LogP contribution is 2.39. The summed E-state index contributed by atoms with van der Waals surface area (Å²) in [5, 5.41) is 9.16. The van der Waals surface area contributed by atoms with Crippen molar-refractivity contribution in [2.24, 2.45) is 5.41 Å². The third-order valence-corrected chi connectivity index (χ3v) is 6.88. The standard InChI is InChI=1S/C27H36N4O3/c1-7-18-15-19(14-17(4)20(18)10-11-23(32)33-9-3)25-28-26(34-30-25)24-21-12-13-27(5,6)16-22(21)31(8-2)29-24/h14-15H,7-13,16H2,1-6H3. The van der Waals surface area contributed by atoms with E-state index in [2.05, 4.69) is 56.6 Å². The first-order chi connectivity index (χ1) is 16.3. The molecule has 1 aliphatic carbocycles. The number of rotatable bonds is 8. The summed E-state index contributed by atoms with van der Waals surface area (Å²) in [7, 11) is 0. The molecule has 0 saturated heterocycles. The van der Waals surface area contributed by atoms with Crippen LogP contribution in [-0.2, 0) is 41.8 Å². The molecule has 0 atom stereocenters. The summed E-state index contributed by atoms with van der Waals surface area (Å²) < 4.78 is 12.9. The van der Waals surface area contributed by atoms with Crippen LogP contribution >= 0.6 is 0 Å². The first kappa shape index (κ1) is 24.2. The van der Waals surface area contributed by atoms with Gasteiger partial charge >= 0.3 is 5.97 Å². The van der Waals surface area contributed by atoms with Gasteiger partial charge in [-0.3, -0.25) is 9.48 Å². The molecule has 0 bridgehead atoms. The molecular weight excluding hydrogens is 428 g/mol. The summed E-state index contributed by atoms with van der Waals surface area (Å²) in [5.74, 6) is 0.898. The van der Waals surface area contributed by atoms with Crippen LogP contribution in [-0.4, -0.2) is 32.5 Å². The van der Waals surface area contributed by atoms with Crippen LogP contribution in [0.1, 0.15) is 75.4 Å². The quantitative estimate of drug-likeness (QED) is 0.409. The minimum Gasteiger partial charge on any atom is -0.466 e. The van der Waals surface area contributed by atoms with Crippen LogP contribution in [0, 0.1) is 12.3 Å². The molecule has 0 amide bonds. The number of fused-ring (bicyclic) bond motifs is 1. The predicted molar refractivity (Wildman–Crippen MR) is 132 cm³/mol. The summed E-state index contributed by atoms with van der Waals surface area (Å²) in [5.41, 5.74) is 8.08. The zero-order chi connectivity index (χ0) is 24.5. The summed E-state index contributed by atoms with van der Waals surface area (Å²) in [4.78, 5) is 16.6. The Labute approximate surface area is 201 Å². The number of hydrogen-bond acceptors (Lipinski definition) is 6. The fourth-order valence-electron chi connectivity index (χ4n) is 5.02. The van der Waals surface area contributed by atoms with Gasteiger partial charge in [-0.15, -0.1) is 0 Å². The Kier molecular flexibility index (Phi) is 6.91. The highest BCUT2D eigenvalue weighted by molar-refractivity contribution is 5.70. The summed E-state index contributed by atoms with van der Waals surface area (Å²) >= 11 is 0. The molecule has 0 fully saturated rings. The fourth-order valence-corrected chi connectivity index (χ4v) is 5.02. The van der Waals surface area contributed by atoms with Crippen molar-refractivity contribution in [1.82, 2.24) is 19.9 Å². The number of ether oxygens (including phenoxy) is 1. The monoisotopic (exact) mass is 464 g/mol. The van der Waals surface area contributed by atoms with Gasteiger partial charge in [0.05, 0.1) is 6.61 Å². The first-order valence-electron chi connectivity index (χ1n) is 12.5. The third kappa shape index (κ3) is 4.79. The van der Waals surface area contributed by atoms with Crippen molar-refractivity contribution >= 4 is 5.97 Å². The Balaban J connectivity index is 1.64. The lowest BCUT2D eigenvalue weighted by Crippen LogP contribution is -2.24. The van der Waals surface area contributed by atoms with E-state index in [0.717, 1.165) is 49.0 Å². The second kappa shape index (κ2) is 9.72. The minimum atomic E-state index is -0.158. The van der Waals surface area contributed by atoms with Gasteiger partial charge in [0.2, 0.25) is 5.82 Å². The van der Waals surface area contributed by atoms with Gasteiger partial charge in [-0.2, -0.15) is 10.1 Å². The Morgan fingerprint density at radius 1 is 1.24 bits per heavy atom. The second-order valence-electron chi connectivity index (χ2n) is 9.94. The van der Waals surface area contributed by atoms with Crippen molar-refractivity contribution in [1.29, 1.82) is 0 Å². The van der Waals surface area contributed by atoms with Gasteiger partial charge in [0, 0.05) is 29.8 Å². The zero-order valence-corrected chi connectivity index (χ0v) is 21.3. The van der Waals surface area contributed by atoms with E-state index in [1.807, 2.05) is 6.92 Å². The van der Waals surface area contributed by atoms with Crippen molar-refractivity contribution in [2.75, 3.05) is 6.61 Å². The van der Waals surface area contributed by atoms with Crippen molar-refractivity contribution in [3.63, 3.8) is 0 Å². The lowest BCUT2D eigenvalue weighted by Gasteiger charge is -2.30. The van der Waals surface area contributed by atoms with E-state index >= 15 is 0 Å². The number of aromatic nitrogens is 4. The smallest absolute Gasteiger partial charge is 0.306 e. The van der Waals surface area contributed by atoms with Crippen molar-refractivity contribution in [2.45, 2.75) is 86.6 Å². The lowest BCUT2D eigenvalue weighted by atomic mass is 9.76. The van der Waals surface area contributed by atoms with Gasteiger partial charge in [-0.25, -0.2) is 0 Å². The number of aryl methyl sites for hydroxylation is 3. The van der Waals surface area contributed by atoms with Crippen molar-refractivity contribution in [3.05, 3.63) is 40.1 Å². The highest BCUT2D eigenvalue weighted by Gasteiger charge is 2.32. The van der Waals surface area contributed by atoms with Gasteiger partial charge < -0.3 is 9.26 Å². The highest BCUT2D eigenvalue weighted by atomic mass is 16.5. The number of carbonyl (C=O) groups excluding carboxylic acids is 1. The fraction of sp³-hybridized carbons (Fsp3) is 0.556. The molecule has 0 radical (unpaired) electrons. The van der Waals surface area contributed by atoms with Crippen LogP contribution in [0.2, 0.25) is 0 Å². The molecule has 0 unspecified atom stereocenters. The predicted octanol–water partition coefficient (Wildman–Crippen LogP) is 5.50. The number of esters is 1. The van der Waals surface area contributed by atoms with Crippen LogP contribution in [0.15, 0.2) is 16.7 Å². The number of nitrogens with zero attached hydrogens (tertiary/aromatic N) is 4. The molecule has 7 heteroatoms. The molecule has 0 aliphatic heterocycles. The van der Waals surface area contributed by atoms with Crippen LogP contribution < -0.4 is 0 Å². The summed E-state index contributed by atoms with van der Waals surface area (Å²) in [6.07, 6.45) is 5.02. The molecule has 1 aromatic carbocycles. The molecule has 2 heterocycles. The van der Waals surface area contributed by atoms with Gasteiger partial charge in [-0.05, 0) is 87.1 Å². The molecule has 7 nitrogen and oxygen atoms in total. The molecule has 34 heavy (non-hydrogen) atoms. The van der Waals surface area contributed by atoms with Crippen LogP contribution in [0.5, 0.6) is 0 Å². The van der Waals surface area contributed by atoms with E-state index in [1.165, 1.54) is 22.4 Å². The average Bonchev–Trinajstić information content (AvgIpc) is 3.41. The molecule has 4 rings (SSSR count). The largest absolute Gasteiger partial charge is 0.466 e. The third-order valence-electron chi connectivity index (χ3n) is 6.88. The average molecular weight is 465 g/mol. The van der Waals surface area contributed by atoms with E-state index in [1.54, 1.807) is 0 Å². The van der Waals surface area contributed by atoms with Gasteiger partial charge in [0.1, 0.15) is 0 Å². The van der Waals surface area contributed by atoms with E-state index in [9.17, 15) is 4.79 Å². The summed E-state index contributed by atoms with van der Waals surface area (Å²) in [6.45, 7) is 14.0. The molecular formula is C27H36N4O3. The minimum absolute atomic E-state index is 0.158. The topological polar surface area (TPSA) is 83.0 Å². The molecule has 0 saturated carbocycles. The summed E-state index contributed by atoms with van der Waals surface area (Å²) in [6, 6.07) is 4.20. The van der Waals surface area contributed by atoms with E-state index in [4.69, 9.17) is 19.3 Å². The maximum Gasteiger partial charge on any atom is 0.306 e. The van der Waals surface area contributed by atoms with Crippen LogP contribution in [0.25, 0.3) is 23.0 Å². The Bertz CT molecular complexity index is 1190. The SMILES string of the molecule is CCOC(=O)CCc1c(C)cc(-c2noc(-c3nn(CC)c4c3CCC(C)(C)C4)n2)cc1CC. The lowest BCUT2D eigenvalue weighted by molar-refractivity contribution is -0.143. The molecule has 0 N–H and O–H groups in total. The molecule has 2 aromatic heterocycles. The first-order valence-corrected chi connectivity index (χ1v) is 12.5. The Morgan fingerprint density at radius 3 is 2.74 bits per heavy atom. The van der Waals surface area contributed by atoms with Gasteiger partial charge in [-0.1, -0.05) is 25.9 Å². The maximum atomic E-state index is 11.9. The van der Waals surface area contributed by atoms with Crippen molar-refractivity contribution in [3.8, 4) is 23.0 Å². The van der Waals surface area contributed by atoms with Gasteiger partial charge in [0.15, 0.2) is 5.69 Å². The van der Waals surface area contributed by atoms with E-state index in [0.29, 0.717) is 31.2 Å². The van der Waals surface area contributed by atoms with Crippen LogP contribution in [0.4, 0.5) is 0 Å². The molecule has 3 aromatic rings. The second-order valence-corrected chi connectivity index (χ2v) is 9.94. The zero-order valence-electron chi connectivity index (χ0n) is 21.3. The Morgan fingerprint density at radius 2 is 2.03 bits per heavy atom. The van der Waals surface area contributed by atoms with Gasteiger partial charge in [0.25, 0.3) is 5.89 Å². The normalized spacial score (nSPS) is 14.8. The molecule has 0 spiro atoms. The number of benzene rings is 1. The Hall–Kier alpha value is -2.96. The maximum absolute atomic E-state index is 11.9.